The summed E-state index contributed by atoms with van der Waals surface area (Å²) in [5.41, 5.74) is 0.963. The predicted molar refractivity (Wildman–Crippen MR) is 77.5 cm³/mol. The third-order valence-electron chi connectivity index (χ3n) is 2.48. The molecule has 0 spiro atoms. The molecular formula is C13H20ClNO2S. The van der Waals surface area contributed by atoms with Gasteiger partial charge in [0.05, 0.1) is 6.61 Å². The maximum absolute atomic E-state index is 11.9. The van der Waals surface area contributed by atoms with Crippen LogP contribution in [0.2, 0.25) is 5.02 Å². The molecule has 0 saturated carbocycles. The van der Waals surface area contributed by atoms with Crippen molar-refractivity contribution < 1.29 is 8.95 Å². The third-order valence-corrected chi connectivity index (χ3v) is 4.23. The van der Waals surface area contributed by atoms with Crippen LogP contribution < -0.4 is 5.32 Å². The summed E-state index contributed by atoms with van der Waals surface area (Å²) in [6.07, 6.45) is 0.904. The van der Waals surface area contributed by atoms with Gasteiger partial charge in [-0.3, -0.25) is 4.21 Å². The number of ether oxygens (including phenoxy) is 1. The molecule has 0 aliphatic rings. The monoisotopic (exact) mass is 289 g/mol. The molecule has 102 valence electrons. The molecule has 0 aromatic heterocycles. The van der Waals surface area contributed by atoms with E-state index in [1.54, 1.807) is 7.11 Å². The van der Waals surface area contributed by atoms with Gasteiger partial charge in [-0.2, -0.15) is 0 Å². The van der Waals surface area contributed by atoms with Crippen molar-refractivity contribution >= 4 is 22.4 Å². The summed E-state index contributed by atoms with van der Waals surface area (Å²) in [5, 5.41) is 3.93. The lowest BCUT2D eigenvalue weighted by atomic mass is 10.2. The zero-order valence-corrected chi connectivity index (χ0v) is 12.2. The molecule has 18 heavy (non-hydrogen) atoms. The summed E-state index contributed by atoms with van der Waals surface area (Å²) < 4.78 is 16.8. The molecule has 0 saturated heterocycles. The van der Waals surface area contributed by atoms with Gasteiger partial charge < -0.3 is 10.1 Å². The molecule has 0 aliphatic heterocycles. The van der Waals surface area contributed by atoms with Crippen LogP contribution in [0, 0.1) is 0 Å². The summed E-state index contributed by atoms with van der Waals surface area (Å²) in [6.45, 7) is 2.42. The fourth-order valence-electron chi connectivity index (χ4n) is 1.52. The number of benzene rings is 1. The average Bonchev–Trinajstić information content (AvgIpc) is 2.36. The topological polar surface area (TPSA) is 38.3 Å². The van der Waals surface area contributed by atoms with Crippen molar-refractivity contribution in [3.05, 3.63) is 34.9 Å². The number of nitrogens with one attached hydrogen (secondary N) is 1. The molecule has 1 atom stereocenters. The van der Waals surface area contributed by atoms with Gasteiger partial charge in [-0.1, -0.05) is 29.8 Å². The Balaban J connectivity index is 2.16. The molecule has 5 heteroatoms. The van der Waals surface area contributed by atoms with E-state index in [0.29, 0.717) is 23.1 Å². The predicted octanol–water partition coefficient (Wildman–Crippen LogP) is 2.21. The maximum atomic E-state index is 11.9. The summed E-state index contributed by atoms with van der Waals surface area (Å²) in [7, 11) is 0.837. The Morgan fingerprint density at radius 2 is 2.11 bits per heavy atom. The van der Waals surface area contributed by atoms with Gasteiger partial charge in [0.15, 0.2) is 0 Å². The van der Waals surface area contributed by atoms with Gasteiger partial charge in [-0.15, -0.1) is 0 Å². The lowest BCUT2D eigenvalue weighted by molar-refractivity contribution is 0.199. The van der Waals surface area contributed by atoms with Crippen molar-refractivity contribution in [3.8, 4) is 0 Å². The third kappa shape index (κ3) is 6.50. The highest BCUT2D eigenvalue weighted by molar-refractivity contribution is 7.84. The van der Waals surface area contributed by atoms with Crippen molar-refractivity contribution in [2.75, 3.05) is 32.6 Å². The largest absolute Gasteiger partial charge is 0.383 e. The van der Waals surface area contributed by atoms with Gasteiger partial charge in [0.25, 0.3) is 0 Å². The molecule has 1 aromatic rings. The molecule has 0 bridgehead atoms. The molecule has 0 heterocycles. The lowest BCUT2D eigenvalue weighted by Crippen LogP contribution is -2.21. The van der Waals surface area contributed by atoms with Gasteiger partial charge >= 0.3 is 0 Å². The Bertz CT molecular complexity index is 374. The second-order valence-corrected chi connectivity index (χ2v) is 5.96. The van der Waals surface area contributed by atoms with Crippen molar-refractivity contribution in [1.82, 2.24) is 5.32 Å². The minimum Gasteiger partial charge on any atom is -0.383 e. The summed E-state index contributed by atoms with van der Waals surface area (Å²) in [6, 6.07) is 7.57. The maximum Gasteiger partial charge on any atom is 0.0587 e. The highest BCUT2D eigenvalue weighted by atomic mass is 35.5. The van der Waals surface area contributed by atoms with Crippen LogP contribution in [0.1, 0.15) is 12.0 Å². The number of rotatable bonds is 9. The van der Waals surface area contributed by atoms with E-state index in [4.69, 9.17) is 16.3 Å². The number of halogens is 1. The first-order valence-corrected chi connectivity index (χ1v) is 7.88. The van der Waals surface area contributed by atoms with Crippen LogP contribution in [-0.2, 0) is 21.3 Å². The number of hydrogen-bond donors (Lipinski definition) is 1. The smallest absolute Gasteiger partial charge is 0.0587 e. The van der Waals surface area contributed by atoms with Crippen LogP contribution in [0.5, 0.6) is 0 Å². The normalized spacial score (nSPS) is 12.6. The van der Waals surface area contributed by atoms with E-state index in [-0.39, 0.29) is 0 Å². The quantitative estimate of drug-likeness (QED) is 0.709. The molecular weight excluding hydrogens is 270 g/mol. The van der Waals surface area contributed by atoms with Crippen LogP contribution in [0.3, 0.4) is 0 Å². The zero-order valence-electron chi connectivity index (χ0n) is 10.7. The summed E-state index contributed by atoms with van der Waals surface area (Å²) in [4.78, 5) is 0. The fourth-order valence-corrected chi connectivity index (χ4v) is 3.01. The molecule has 0 radical (unpaired) electrons. The molecule has 0 amide bonds. The fraction of sp³-hybridized carbons (Fsp3) is 0.538. The van der Waals surface area contributed by atoms with E-state index in [2.05, 4.69) is 5.32 Å². The van der Waals surface area contributed by atoms with E-state index in [9.17, 15) is 4.21 Å². The van der Waals surface area contributed by atoms with Crippen molar-refractivity contribution in [2.45, 2.75) is 12.2 Å². The van der Waals surface area contributed by atoms with Crippen molar-refractivity contribution in [1.29, 1.82) is 0 Å². The van der Waals surface area contributed by atoms with Crippen LogP contribution in [0.4, 0.5) is 0 Å². The first-order valence-electron chi connectivity index (χ1n) is 6.02. The van der Waals surface area contributed by atoms with Crippen LogP contribution in [0.25, 0.3) is 0 Å². The number of hydrogen-bond acceptors (Lipinski definition) is 3. The van der Waals surface area contributed by atoms with Crippen LogP contribution >= 0.6 is 11.6 Å². The van der Waals surface area contributed by atoms with Crippen molar-refractivity contribution in [3.63, 3.8) is 0 Å². The standard InChI is InChI=1S/C13H20ClNO2S/c1-17-9-8-15-7-4-10-18(16)11-12-5-2-3-6-13(12)14/h2-3,5-6,15H,4,7-11H2,1H3. The van der Waals surface area contributed by atoms with E-state index >= 15 is 0 Å². The highest BCUT2D eigenvalue weighted by Gasteiger charge is 2.04. The molecule has 1 rings (SSSR count). The van der Waals surface area contributed by atoms with Gasteiger partial charge in [-0.05, 0) is 24.6 Å². The Hall–Kier alpha value is -0.420. The lowest BCUT2D eigenvalue weighted by Gasteiger charge is -2.05. The number of methoxy groups -OCH3 is 1. The second-order valence-electron chi connectivity index (χ2n) is 3.98. The Morgan fingerprint density at radius 3 is 2.83 bits per heavy atom. The summed E-state index contributed by atoms with van der Waals surface area (Å²) in [5.74, 6) is 1.24. The Labute approximate surface area is 116 Å². The first kappa shape index (κ1) is 15.6. The van der Waals surface area contributed by atoms with E-state index in [0.717, 1.165) is 25.1 Å². The zero-order chi connectivity index (χ0) is 13.2. The molecule has 0 aliphatic carbocycles. The van der Waals surface area contributed by atoms with E-state index in [1.165, 1.54) is 0 Å². The van der Waals surface area contributed by atoms with Gasteiger partial charge in [-0.25, -0.2) is 0 Å². The molecule has 1 aromatic carbocycles. The van der Waals surface area contributed by atoms with Crippen molar-refractivity contribution in [2.24, 2.45) is 0 Å². The van der Waals surface area contributed by atoms with Crippen LogP contribution in [0.15, 0.2) is 24.3 Å². The minimum atomic E-state index is -0.844. The molecule has 1 unspecified atom stereocenters. The molecule has 0 fully saturated rings. The van der Waals surface area contributed by atoms with E-state index < -0.39 is 10.8 Å². The van der Waals surface area contributed by atoms with Gasteiger partial charge in [0, 0.05) is 41.0 Å². The van der Waals surface area contributed by atoms with Gasteiger partial charge in [0.1, 0.15) is 0 Å². The Kier molecular flexibility index (Phi) is 8.25. The molecule has 1 N–H and O–H groups in total. The highest BCUT2D eigenvalue weighted by Crippen LogP contribution is 2.16. The van der Waals surface area contributed by atoms with Crippen LogP contribution in [-0.4, -0.2) is 36.8 Å². The minimum absolute atomic E-state index is 0.539. The molecule has 3 nitrogen and oxygen atoms in total. The first-order chi connectivity index (χ1) is 8.74. The second kappa shape index (κ2) is 9.50. The average molecular weight is 290 g/mol. The Morgan fingerprint density at radius 1 is 1.33 bits per heavy atom. The van der Waals surface area contributed by atoms with E-state index in [1.807, 2.05) is 24.3 Å². The van der Waals surface area contributed by atoms with Gasteiger partial charge in [0.2, 0.25) is 0 Å². The summed E-state index contributed by atoms with van der Waals surface area (Å²) >= 11 is 6.03. The SMILES string of the molecule is COCCNCCCS(=O)Cc1ccccc1Cl.